The fraction of sp³-hybridized carbons (Fsp3) is 0. The predicted octanol–water partition coefficient (Wildman–Crippen LogP) is -0.615. The van der Waals surface area contributed by atoms with Crippen LogP contribution in [0.5, 0.6) is 0 Å². The molecule has 0 bridgehead atoms. The van der Waals surface area contributed by atoms with Crippen molar-refractivity contribution in [2.45, 2.75) is 0 Å². The summed E-state index contributed by atoms with van der Waals surface area (Å²) in [4.78, 5) is 7.99. The van der Waals surface area contributed by atoms with Crippen LogP contribution in [0.4, 0.5) is 0 Å². The highest BCUT2D eigenvalue weighted by molar-refractivity contribution is 7.72. The minimum atomic E-state index is 0. The largest absolute Gasteiger partial charge is 0.412 e. The number of aromatic nitrogens is 3. The number of H-pyrrole nitrogens is 3. The van der Waals surface area contributed by atoms with Crippen molar-refractivity contribution in [2.24, 2.45) is 0 Å². The molecule has 0 unspecified atom stereocenters. The van der Waals surface area contributed by atoms with Gasteiger partial charge >= 0.3 is 0 Å². The zero-order valence-corrected chi connectivity index (χ0v) is 8.17. The molecule has 0 spiro atoms. The Labute approximate surface area is 82.6 Å². The van der Waals surface area contributed by atoms with Gasteiger partial charge in [0.2, 0.25) is 0 Å². The maximum Gasteiger partial charge on any atom is 0.178 e. The third kappa shape index (κ3) is 5.23. The number of rotatable bonds is 0. The van der Waals surface area contributed by atoms with Gasteiger partial charge in [0.1, 0.15) is 0 Å². The van der Waals surface area contributed by atoms with E-state index in [1.54, 1.807) is 0 Å². The van der Waals surface area contributed by atoms with E-state index in [4.69, 9.17) is 36.7 Å². The van der Waals surface area contributed by atoms with E-state index in [-0.39, 0.29) is 16.4 Å². The maximum absolute atomic E-state index is 4.72. The Hall–Kier alpha value is -0.450. The Morgan fingerprint density at radius 1 is 0.583 bits per heavy atom. The number of aromatic amines is 3. The molecule has 0 saturated heterocycles. The van der Waals surface area contributed by atoms with Gasteiger partial charge in [0.05, 0.1) is 0 Å². The lowest BCUT2D eigenvalue weighted by molar-refractivity contribution is 0.823. The molecule has 0 atom stereocenters. The van der Waals surface area contributed by atoms with E-state index in [1.807, 2.05) is 0 Å². The molecule has 0 aromatic carbocycles. The molecule has 0 fully saturated rings. The molecule has 6 nitrogen and oxygen atoms in total. The predicted molar refractivity (Wildman–Crippen MR) is 52.8 cm³/mol. The number of hydrogen-bond acceptors (Lipinski definition) is 3. The fourth-order valence-corrected chi connectivity index (χ4v) is 1.21. The van der Waals surface area contributed by atoms with E-state index in [9.17, 15) is 0 Å². The van der Waals surface area contributed by atoms with Gasteiger partial charge in [0.15, 0.2) is 14.3 Å². The molecule has 72 valence electrons. The lowest BCUT2D eigenvalue weighted by atomic mass is 11.1. The van der Waals surface area contributed by atoms with Crippen molar-refractivity contribution >= 4 is 36.7 Å². The molecule has 0 amide bonds. The first-order chi connectivity index (χ1) is 4.18. The topological polar surface area (TPSA) is 142 Å². The lowest BCUT2D eigenvalue weighted by Gasteiger charge is -1.84. The summed E-state index contributed by atoms with van der Waals surface area (Å²) in [7, 11) is 0. The summed E-state index contributed by atoms with van der Waals surface area (Å²) < 4.78 is 1.34. The van der Waals surface area contributed by atoms with Crippen LogP contribution < -0.4 is 0 Å². The van der Waals surface area contributed by atoms with Crippen molar-refractivity contribution in [3.8, 4) is 0 Å². The Kier molecular flexibility index (Phi) is 10.6. The Morgan fingerprint density at radius 2 is 0.750 bits per heavy atom. The summed E-state index contributed by atoms with van der Waals surface area (Å²) in [6, 6.07) is 0. The van der Waals surface area contributed by atoms with Crippen molar-refractivity contribution in [1.29, 1.82) is 0 Å². The van der Waals surface area contributed by atoms with Crippen LogP contribution in [0.3, 0.4) is 0 Å². The van der Waals surface area contributed by atoms with Crippen LogP contribution in [0.2, 0.25) is 0 Å². The van der Waals surface area contributed by atoms with Crippen LogP contribution in [0.1, 0.15) is 0 Å². The standard InChI is InChI=1S/C3H3N3S3.3H2O/c7-1-4-2(8)6-3(9)5-1;;;/h(H3,4,5,6,7,8,9);3*1H2. The molecule has 9 N–H and O–H groups in total. The highest BCUT2D eigenvalue weighted by Crippen LogP contribution is 1.79. The average Bonchev–Trinajstić information content (AvgIpc) is 1.59. The zero-order valence-electron chi connectivity index (χ0n) is 5.72. The molecular formula is C3H9N3O3S3. The van der Waals surface area contributed by atoms with Crippen LogP contribution in [0.15, 0.2) is 0 Å². The summed E-state index contributed by atoms with van der Waals surface area (Å²) in [5.41, 5.74) is 0. The molecule has 1 aromatic heterocycles. The van der Waals surface area contributed by atoms with E-state index >= 15 is 0 Å². The summed E-state index contributed by atoms with van der Waals surface area (Å²) in [6.07, 6.45) is 0. The monoisotopic (exact) mass is 231 g/mol. The number of nitrogens with one attached hydrogen (secondary N) is 3. The number of hydrogen-bond donors (Lipinski definition) is 3. The second kappa shape index (κ2) is 7.21. The molecule has 12 heavy (non-hydrogen) atoms. The Balaban J connectivity index is -0.000000270. The molecule has 1 rings (SSSR count). The SMILES string of the molecule is O.O.O.S=c1[nH]c(=S)[nH]c(=S)[nH]1. The summed E-state index contributed by atoms with van der Waals surface area (Å²) in [5, 5.41) is 0. The second-order valence-corrected chi connectivity index (χ2v) is 2.59. The van der Waals surface area contributed by atoms with Crippen molar-refractivity contribution in [1.82, 2.24) is 15.0 Å². The highest BCUT2D eigenvalue weighted by Gasteiger charge is 1.76. The summed E-state index contributed by atoms with van der Waals surface area (Å²) in [6.45, 7) is 0. The molecule has 1 aromatic rings. The highest BCUT2D eigenvalue weighted by atomic mass is 32.1. The van der Waals surface area contributed by atoms with Gasteiger partial charge in [-0.3, -0.25) is 0 Å². The minimum absolute atomic E-state index is 0. The lowest BCUT2D eigenvalue weighted by Crippen LogP contribution is -1.86. The molecule has 9 heteroatoms. The molecule has 1 heterocycles. The van der Waals surface area contributed by atoms with Gasteiger partial charge < -0.3 is 31.4 Å². The van der Waals surface area contributed by atoms with Gasteiger partial charge in [0, 0.05) is 0 Å². The van der Waals surface area contributed by atoms with E-state index in [2.05, 4.69) is 15.0 Å². The van der Waals surface area contributed by atoms with E-state index < -0.39 is 0 Å². The molecular weight excluding hydrogens is 222 g/mol. The van der Waals surface area contributed by atoms with Crippen molar-refractivity contribution < 1.29 is 16.4 Å². The third-order valence-electron chi connectivity index (χ3n) is 0.681. The molecule has 0 aliphatic rings. The smallest absolute Gasteiger partial charge is 0.178 e. The first kappa shape index (κ1) is 17.6. The fourth-order valence-electron chi connectivity index (χ4n) is 0.403. The van der Waals surface area contributed by atoms with Crippen LogP contribution in [0.25, 0.3) is 0 Å². The molecule has 0 saturated carbocycles. The van der Waals surface area contributed by atoms with Crippen molar-refractivity contribution in [2.75, 3.05) is 0 Å². The van der Waals surface area contributed by atoms with Crippen LogP contribution in [-0.2, 0) is 0 Å². The van der Waals surface area contributed by atoms with Gasteiger partial charge in [-0.2, -0.15) is 0 Å². The quantitative estimate of drug-likeness (QED) is 0.512. The average molecular weight is 231 g/mol. The molecule has 0 aliphatic carbocycles. The molecule has 0 radical (unpaired) electrons. The van der Waals surface area contributed by atoms with Crippen LogP contribution in [-0.4, -0.2) is 31.4 Å². The van der Waals surface area contributed by atoms with Crippen molar-refractivity contribution in [3.63, 3.8) is 0 Å². The maximum atomic E-state index is 4.72. The summed E-state index contributed by atoms with van der Waals surface area (Å²) >= 11 is 14.2. The van der Waals surface area contributed by atoms with Crippen LogP contribution in [0, 0.1) is 14.3 Å². The normalized spacial score (nSPS) is 7.00. The zero-order chi connectivity index (χ0) is 6.85. The minimum Gasteiger partial charge on any atom is -0.412 e. The van der Waals surface area contributed by atoms with E-state index in [0.717, 1.165) is 0 Å². The van der Waals surface area contributed by atoms with Gasteiger partial charge in [-0.1, -0.05) is 0 Å². The second-order valence-electron chi connectivity index (χ2n) is 1.36. The van der Waals surface area contributed by atoms with Gasteiger partial charge in [-0.15, -0.1) is 0 Å². The first-order valence-corrected chi connectivity index (χ1v) is 3.34. The summed E-state index contributed by atoms with van der Waals surface area (Å²) in [5.74, 6) is 0. The van der Waals surface area contributed by atoms with Crippen molar-refractivity contribution in [3.05, 3.63) is 14.3 Å². The van der Waals surface area contributed by atoms with Gasteiger partial charge in [-0.25, -0.2) is 0 Å². The Morgan fingerprint density at radius 3 is 0.917 bits per heavy atom. The van der Waals surface area contributed by atoms with Gasteiger partial charge in [-0.05, 0) is 36.7 Å². The molecule has 0 aliphatic heterocycles. The first-order valence-electron chi connectivity index (χ1n) is 2.11. The van der Waals surface area contributed by atoms with Crippen LogP contribution >= 0.6 is 36.7 Å². The Bertz CT molecular complexity index is 287. The van der Waals surface area contributed by atoms with Gasteiger partial charge in [0.25, 0.3) is 0 Å². The van der Waals surface area contributed by atoms with E-state index in [1.165, 1.54) is 0 Å². The van der Waals surface area contributed by atoms with E-state index in [0.29, 0.717) is 14.3 Å². The third-order valence-corrected chi connectivity index (χ3v) is 1.29.